The van der Waals surface area contributed by atoms with Gasteiger partial charge in [0.15, 0.2) is 0 Å². The minimum atomic E-state index is -1.28. The molecule has 0 aromatic rings. The van der Waals surface area contributed by atoms with Gasteiger partial charge in [0.25, 0.3) is 0 Å². The fourth-order valence-corrected chi connectivity index (χ4v) is 1.40. The van der Waals surface area contributed by atoms with E-state index in [9.17, 15) is 9.18 Å². The summed E-state index contributed by atoms with van der Waals surface area (Å²) in [6, 6.07) is 0. The van der Waals surface area contributed by atoms with Gasteiger partial charge in [0.1, 0.15) is 12.8 Å². The van der Waals surface area contributed by atoms with Crippen LogP contribution in [0.15, 0.2) is 0 Å². The van der Waals surface area contributed by atoms with E-state index in [1.165, 1.54) is 0 Å². The number of ether oxygens (including phenoxy) is 1. The lowest BCUT2D eigenvalue weighted by molar-refractivity contribution is -0.0293. The normalized spacial score (nSPS) is 27.0. The number of piperidine rings is 1. The Balaban J connectivity index is 2.40. The van der Waals surface area contributed by atoms with Crippen LogP contribution in [-0.4, -0.2) is 48.1 Å². The number of amides is 1. The predicted molar refractivity (Wildman–Crippen MR) is 47.7 cm³/mol. The predicted octanol–water partition coefficient (Wildman–Crippen LogP) is 0.727. The van der Waals surface area contributed by atoms with Gasteiger partial charge in [0.2, 0.25) is 0 Å². The highest BCUT2D eigenvalue weighted by molar-refractivity contribution is 5.65. The number of hydrogen-bond acceptors (Lipinski definition) is 2. The molecule has 0 spiro atoms. The minimum Gasteiger partial charge on any atom is -0.465 e. The Morgan fingerprint density at radius 2 is 2.50 bits per heavy atom. The van der Waals surface area contributed by atoms with E-state index in [0.29, 0.717) is 13.0 Å². The van der Waals surface area contributed by atoms with Crippen molar-refractivity contribution in [2.45, 2.75) is 18.7 Å². The monoisotopic (exact) mass is 201 g/mol. The fraction of sp³-hybridized carbons (Fsp3) is 0.667. The van der Waals surface area contributed by atoms with Crippen molar-refractivity contribution in [2.75, 3.05) is 19.7 Å². The second-order valence-electron chi connectivity index (χ2n) is 3.09. The van der Waals surface area contributed by atoms with E-state index in [0.717, 1.165) is 4.90 Å². The maximum Gasteiger partial charge on any atom is 0.407 e. The van der Waals surface area contributed by atoms with Crippen LogP contribution in [0, 0.1) is 12.3 Å². The third-order valence-corrected chi connectivity index (χ3v) is 2.13. The smallest absolute Gasteiger partial charge is 0.407 e. The Bertz CT molecular complexity index is 251. The Morgan fingerprint density at radius 1 is 1.79 bits per heavy atom. The quantitative estimate of drug-likeness (QED) is 0.670. The molecule has 1 amide bonds. The maximum atomic E-state index is 13.3. The van der Waals surface area contributed by atoms with Crippen LogP contribution < -0.4 is 0 Å². The lowest BCUT2D eigenvalue weighted by Crippen LogP contribution is -2.47. The van der Waals surface area contributed by atoms with Gasteiger partial charge in [-0.05, 0) is 6.42 Å². The fourth-order valence-electron chi connectivity index (χ4n) is 1.40. The topological polar surface area (TPSA) is 49.8 Å². The molecule has 4 nitrogen and oxygen atoms in total. The molecule has 0 bridgehead atoms. The van der Waals surface area contributed by atoms with Crippen molar-refractivity contribution in [1.82, 2.24) is 4.90 Å². The van der Waals surface area contributed by atoms with Crippen LogP contribution in [0.4, 0.5) is 9.18 Å². The summed E-state index contributed by atoms with van der Waals surface area (Å²) in [5.41, 5.74) is 0. The largest absolute Gasteiger partial charge is 0.465 e. The number of hydrogen-bond donors (Lipinski definition) is 1. The van der Waals surface area contributed by atoms with Gasteiger partial charge in [0.05, 0.1) is 12.6 Å². The van der Waals surface area contributed by atoms with Crippen LogP contribution in [0.1, 0.15) is 6.42 Å². The summed E-state index contributed by atoms with van der Waals surface area (Å²) in [6.07, 6.45) is 2.37. The number of carboxylic acid groups (broad SMARTS) is 1. The SMILES string of the molecule is C#CCO[C@H]1CCN(C(=O)O)C[C@@H]1F. The van der Waals surface area contributed by atoms with Crippen molar-refractivity contribution in [3.05, 3.63) is 0 Å². The van der Waals surface area contributed by atoms with Gasteiger partial charge in [-0.1, -0.05) is 5.92 Å². The van der Waals surface area contributed by atoms with Gasteiger partial charge in [-0.2, -0.15) is 0 Å². The highest BCUT2D eigenvalue weighted by Gasteiger charge is 2.31. The van der Waals surface area contributed by atoms with E-state index in [-0.39, 0.29) is 13.2 Å². The molecule has 1 rings (SSSR count). The summed E-state index contributed by atoms with van der Waals surface area (Å²) in [4.78, 5) is 11.5. The van der Waals surface area contributed by atoms with Gasteiger partial charge in [-0.15, -0.1) is 6.42 Å². The molecular formula is C9H12FNO3. The first kappa shape index (κ1) is 10.8. The number of halogens is 1. The van der Waals surface area contributed by atoms with Gasteiger partial charge < -0.3 is 14.7 Å². The molecule has 1 heterocycles. The van der Waals surface area contributed by atoms with E-state index < -0.39 is 18.4 Å². The van der Waals surface area contributed by atoms with E-state index in [4.69, 9.17) is 16.3 Å². The molecule has 1 fully saturated rings. The Morgan fingerprint density at radius 3 is 3.00 bits per heavy atom. The Hall–Kier alpha value is -1.28. The van der Waals surface area contributed by atoms with Gasteiger partial charge in [-0.25, -0.2) is 9.18 Å². The molecule has 1 aliphatic heterocycles. The summed E-state index contributed by atoms with van der Waals surface area (Å²) in [6.45, 7) is 0.230. The second kappa shape index (κ2) is 4.82. The zero-order chi connectivity index (χ0) is 10.6. The van der Waals surface area contributed by atoms with Crippen LogP contribution in [0.3, 0.4) is 0 Å². The van der Waals surface area contributed by atoms with Gasteiger partial charge in [-0.3, -0.25) is 0 Å². The van der Waals surface area contributed by atoms with Crippen molar-refractivity contribution in [3.8, 4) is 12.3 Å². The molecule has 0 radical (unpaired) electrons. The van der Waals surface area contributed by atoms with E-state index >= 15 is 0 Å². The van der Waals surface area contributed by atoms with E-state index in [1.807, 2.05) is 0 Å². The van der Waals surface area contributed by atoms with Crippen LogP contribution in [0.25, 0.3) is 0 Å². The first-order chi connectivity index (χ1) is 6.65. The lowest BCUT2D eigenvalue weighted by atomic mass is 10.1. The molecule has 0 aliphatic carbocycles. The van der Waals surface area contributed by atoms with Crippen molar-refractivity contribution >= 4 is 6.09 Å². The summed E-state index contributed by atoms with van der Waals surface area (Å²) in [5.74, 6) is 2.25. The van der Waals surface area contributed by atoms with Gasteiger partial charge in [0, 0.05) is 6.54 Å². The average molecular weight is 201 g/mol. The highest BCUT2D eigenvalue weighted by atomic mass is 19.1. The number of alkyl halides is 1. The molecule has 14 heavy (non-hydrogen) atoms. The molecule has 5 heteroatoms. The summed E-state index contributed by atoms with van der Waals surface area (Å²) < 4.78 is 18.3. The van der Waals surface area contributed by atoms with E-state index in [1.54, 1.807) is 0 Å². The number of likely N-dealkylation sites (tertiary alicyclic amines) is 1. The standard InChI is InChI=1S/C9H12FNO3/c1-2-5-14-8-3-4-11(9(12)13)6-7(8)10/h1,7-8H,3-6H2,(H,12,13)/t7-,8-/m0/s1. The Labute approximate surface area is 81.6 Å². The first-order valence-electron chi connectivity index (χ1n) is 4.32. The first-order valence-corrected chi connectivity index (χ1v) is 4.32. The molecule has 78 valence electrons. The molecule has 0 unspecified atom stereocenters. The van der Waals surface area contributed by atoms with Crippen LogP contribution in [0.5, 0.6) is 0 Å². The van der Waals surface area contributed by atoms with Crippen molar-refractivity contribution in [3.63, 3.8) is 0 Å². The molecule has 1 N–H and O–H groups in total. The minimum absolute atomic E-state index is 0.0676. The molecule has 0 aromatic carbocycles. The van der Waals surface area contributed by atoms with Crippen molar-refractivity contribution < 1.29 is 19.0 Å². The zero-order valence-corrected chi connectivity index (χ0v) is 7.65. The number of terminal acetylenes is 1. The van der Waals surface area contributed by atoms with Crippen molar-refractivity contribution in [1.29, 1.82) is 0 Å². The van der Waals surface area contributed by atoms with Crippen LogP contribution in [0.2, 0.25) is 0 Å². The number of carbonyl (C=O) groups is 1. The van der Waals surface area contributed by atoms with Gasteiger partial charge >= 0.3 is 6.09 Å². The molecule has 1 saturated heterocycles. The van der Waals surface area contributed by atoms with Crippen LogP contribution >= 0.6 is 0 Å². The number of rotatable bonds is 2. The molecular weight excluding hydrogens is 189 g/mol. The highest BCUT2D eigenvalue weighted by Crippen LogP contribution is 2.17. The average Bonchev–Trinajstić information content (AvgIpc) is 2.15. The maximum absolute atomic E-state index is 13.3. The van der Waals surface area contributed by atoms with Crippen molar-refractivity contribution in [2.24, 2.45) is 0 Å². The van der Waals surface area contributed by atoms with Crippen LogP contribution in [-0.2, 0) is 4.74 Å². The molecule has 0 saturated carbocycles. The second-order valence-corrected chi connectivity index (χ2v) is 3.09. The zero-order valence-electron chi connectivity index (χ0n) is 7.65. The molecule has 2 atom stereocenters. The Kier molecular flexibility index (Phi) is 3.72. The molecule has 1 aliphatic rings. The molecule has 0 aromatic heterocycles. The summed E-state index contributed by atoms with van der Waals surface area (Å²) in [7, 11) is 0. The third-order valence-electron chi connectivity index (χ3n) is 2.13. The number of nitrogens with zero attached hydrogens (tertiary/aromatic N) is 1. The van der Waals surface area contributed by atoms with E-state index in [2.05, 4.69) is 5.92 Å². The summed E-state index contributed by atoms with van der Waals surface area (Å²) >= 11 is 0. The summed E-state index contributed by atoms with van der Waals surface area (Å²) in [5, 5.41) is 8.60. The lowest BCUT2D eigenvalue weighted by Gasteiger charge is -2.32. The third kappa shape index (κ3) is 2.60.